The monoisotopic (exact) mass is 422 g/mol. The quantitative estimate of drug-likeness (QED) is 0.191. The highest BCUT2D eigenvalue weighted by Gasteiger charge is 2.46. The third kappa shape index (κ3) is 2.83. The molecule has 0 aliphatic carbocycles. The zero-order valence-corrected chi connectivity index (χ0v) is 15.1. The molecule has 0 saturated carbocycles. The molecule has 0 radical (unpaired) electrons. The van der Waals surface area contributed by atoms with Crippen LogP contribution in [0.25, 0.3) is 21.9 Å². The lowest BCUT2D eigenvalue weighted by Gasteiger charge is -2.40. The van der Waals surface area contributed by atoms with E-state index < -0.39 is 76.5 Å². The van der Waals surface area contributed by atoms with Gasteiger partial charge in [-0.25, -0.2) is 0 Å². The average molecular weight is 422 g/mol. The first-order chi connectivity index (χ1) is 14.1. The number of hydrogen-bond donors (Lipinski definition) is 8. The summed E-state index contributed by atoms with van der Waals surface area (Å²) in [5, 5.41) is 79.9. The van der Waals surface area contributed by atoms with Gasteiger partial charge in [-0.05, 0) is 6.07 Å². The first-order valence-electron chi connectivity index (χ1n) is 8.83. The van der Waals surface area contributed by atoms with E-state index in [-0.39, 0.29) is 16.6 Å². The molecule has 3 aromatic rings. The lowest BCUT2D eigenvalue weighted by Crippen LogP contribution is -2.54. The smallest absolute Gasteiger partial charge is 0.204 e. The van der Waals surface area contributed by atoms with Gasteiger partial charge in [0, 0.05) is 17.7 Å². The van der Waals surface area contributed by atoms with Crippen LogP contribution >= 0.6 is 0 Å². The van der Waals surface area contributed by atoms with Gasteiger partial charge in [0.1, 0.15) is 40.3 Å². The molecule has 1 aliphatic heterocycles. The molecule has 11 nitrogen and oxygen atoms in total. The van der Waals surface area contributed by atoms with E-state index in [4.69, 9.17) is 9.15 Å². The molecule has 2 heterocycles. The molecule has 160 valence electrons. The predicted molar refractivity (Wildman–Crippen MR) is 99.4 cm³/mol. The number of phenols is 4. The van der Waals surface area contributed by atoms with Crippen molar-refractivity contribution in [2.45, 2.75) is 30.5 Å². The van der Waals surface area contributed by atoms with Crippen molar-refractivity contribution in [2.75, 3.05) is 6.61 Å². The van der Waals surface area contributed by atoms with E-state index >= 15 is 0 Å². The Bertz CT molecular complexity index is 1200. The fraction of sp³-hybridized carbons (Fsp3) is 0.316. The summed E-state index contributed by atoms with van der Waals surface area (Å²) < 4.78 is 10.3. The van der Waals surface area contributed by atoms with Crippen LogP contribution in [0.15, 0.2) is 27.4 Å². The van der Waals surface area contributed by atoms with Gasteiger partial charge in [-0.1, -0.05) is 0 Å². The van der Waals surface area contributed by atoms with Gasteiger partial charge in [-0.3, -0.25) is 4.79 Å². The van der Waals surface area contributed by atoms with Gasteiger partial charge in [0.25, 0.3) is 0 Å². The van der Waals surface area contributed by atoms with Crippen LogP contribution in [-0.4, -0.2) is 72.1 Å². The highest BCUT2D eigenvalue weighted by atomic mass is 16.6. The van der Waals surface area contributed by atoms with Crippen LogP contribution in [0.5, 0.6) is 23.0 Å². The van der Waals surface area contributed by atoms with Gasteiger partial charge >= 0.3 is 0 Å². The summed E-state index contributed by atoms with van der Waals surface area (Å²) in [6.45, 7) is -0.730. The van der Waals surface area contributed by atoms with Gasteiger partial charge < -0.3 is 50.0 Å². The molecule has 2 aromatic carbocycles. The summed E-state index contributed by atoms with van der Waals surface area (Å²) in [7, 11) is 0. The Balaban J connectivity index is 2.02. The Morgan fingerprint density at radius 2 is 1.50 bits per heavy atom. The number of hydrogen-bond acceptors (Lipinski definition) is 11. The van der Waals surface area contributed by atoms with E-state index in [0.717, 1.165) is 18.2 Å². The number of benzene rings is 2. The molecule has 0 bridgehead atoms. The molecule has 4 rings (SSSR count). The molecule has 0 amide bonds. The molecule has 8 N–H and O–H groups in total. The summed E-state index contributed by atoms with van der Waals surface area (Å²) in [5.74, 6) is -4.18. The third-order valence-corrected chi connectivity index (χ3v) is 5.29. The third-order valence-electron chi connectivity index (χ3n) is 5.29. The Hall–Kier alpha value is -3.09. The molecule has 1 aromatic heterocycles. The van der Waals surface area contributed by atoms with Gasteiger partial charge in [0.2, 0.25) is 5.43 Å². The van der Waals surface area contributed by atoms with Crippen molar-refractivity contribution in [3.05, 3.63) is 34.0 Å². The van der Waals surface area contributed by atoms with Crippen molar-refractivity contribution < 1.29 is 50.0 Å². The lowest BCUT2D eigenvalue weighted by atomic mass is 9.81. The fourth-order valence-corrected chi connectivity index (χ4v) is 3.79. The second kappa shape index (κ2) is 7.00. The molecule has 1 fully saturated rings. The molecule has 11 heteroatoms. The van der Waals surface area contributed by atoms with E-state index in [1.165, 1.54) is 0 Å². The highest BCUT2D eigenvalue weighted by Crippen LogP contribution is 2.45. The lowest BCUT2D eigenvalue weighted by molar-refractivity contribution is -0.260. The molecular weight excluding hydrogens is 404 g/mol. The zero-order chi connectivity index (χ0) is 21.9. The standard InChI is InChI=1S/C19H18O11/c20-4-11-16(25)14(18(27)19(28)30-11)12-8(23)3-10-13(17(12)26)15(24)5-1-6(21)7(22)2-9(5)29-10/h1-3,11,14,16,18-23,25-28H,4H2. The normalized spacial score (nSPS) is 27.0. The molecular formula is C19H18O11. The zero-order valence-electron chi connectivity index (χ0n) is 15.1. The summed E-state index contributed by atoms with van der Waals surface area (Å²) >= 11 is 0. The summed E-state index contributed by atoms with van der Waals surface area (Å²) in [5.41, 5.74) is -1.68. The first kappa shape index (κ1) is 20.2. The van der Waals surface area contributed by atoms with Crippen molar-refractivity contribution in [1.29, 1.82) is 0 Å². The van der Waals surface area contributed by atoms with Crippen molar-refractivity contribution in [2.24, 2.45) is 0 Å². The van der Waals surface area contributed by atoms with Crippen molar-refractivity contribution in [1.82, 2.24) is 0 Å². The summed E-state index contributed by atoms with van der Waals surface area (Å²) in [6.07, 6.45) is -6.66. The van der Waals surface area contributed by atoms with Crippen LogP contribution in [0.3, 0.4) is 0 Å². The largest absolute Gasteiger partial charge is 0.507 e. The highest BCUT2D eigenvalue weighted by molar-refractivity contribution is 5.96. The number of phenolic OH excluding ortho intramolecular Hbond substituents is 4. The van der Waals surface area contributed by atoms with Gasteiger partial charge in [0.15, 0.2) is 17.8 Å². The second-order valence-electron chi connectivity index (χ2n) is 7.05. The van der Waals surface area contributed by atoms with E-state index in [1.54, 1.807) is 0 Å². The molecule has 30 heavy (non-hydrogen) atoms. The SMILES string of the molecule is O=c1c2cc(O)c(O)cc2oc2cc(O)c(C3C(O)C(O)OC(CO)C3O)c(O)c12. The molecule has 1 saturated heterocycles. The average Bonchev–Trinajstić information content (AvgIpc) is 2.68. The first-order valence-corrected chi connectivity index (χ1v) is 8.83. The Kier molecular flexibility index (Phi) is 4.71. The van der Waals surface area contributed by atoms with Crippen molar-refractivity contribution in [3.63, 3.8) is 0 Å². The maximum Gasteiger partial charge on any atom is 0.204 e. The van der Waals surface area contributed by atoms with Crippen LogP contribution < -0.4 is 5.43 Å². The van der Waals surface area contributed by atoms with E-state index in [2.05, 4.69) is 0 Å². The minimum Gasteiger partial charge on any atom is -0.507 e. The summed E-state index contributed by atoms with van der Waals surface area (Å²) in [6, 6.07) is 2.89. The minimum atomic E-state index is -1.85. The van der Waals surface area contributed by atoms with Crippen LogP contribution in [0.4, 0.5) is 0 Å². The minimum absolute atomic E-state index is 0.128. The summed E-state index contributed by atoms with van der Waals surface area (Å²) in [4.78, 5) is 12.9. The van der Waals surface area contributed by atoms with Crippen LogP contribution in [-0.2, 0) is 4.74 Å². The van der Waals surface area contributed by atoms with Gasteiger partial charge in [0.05, 0.1) is 24.0 Å². The molecule has 0 spiro atoms. The predicted octanol–water partition coefficient (Wildman–Crippen LogP) is -0.717. The number of aliphatic hydroxyl groups is 4. The maximum absolute atomic E-state index is 12.9. The Labute approximate surface area is 166 Å². The fourth-order valence-electron chi connectivity index (χ4n) is 3.79. The van der Waals surface area contributed by atoms with E-state index in [9.17, 15) is 45.6 Å². The van der Waals surface area contributed by atoms with E-state index in [0.29, 0.717) is 0 Å². The maximum atomic E-state index is 12.9. The Morgan fingerprint density at radius 1 is 0.867 bits per heavy atom. The molecule has 1 aliphatic rings. The van der Waals surface area contributed by atoms with Crippen LogP contribution in [0, 0.1) is 0 Å². The molecule has 5 unspecified atom stereocenters. The van der Waals surface area contributed by atoms with E-state index in [1.807, 2.05) is 0 Å². The number of aromatic hydroxyl groups is 4. The van der Waals surface area contributed by atoms with Crippen molar-refractivity contribution in [3.8, 4) is 23.0 Å². The van der Waals surface area contributed by atoms with Crippen LogP contribution in [0.1, 0.15) is 11.5 Å². The van der Waals surface area contributed by atoms with Crippen LogP contribution in [0.2, 0.25) is 0 Å². The Morgan fingerprint density at radius 3 is 2.17 bits per heavy atom. The number of aliphatic hydroxyl groups excluding tert-OH is 4. The number of rotatable bonds is 2. The van der Waals surface area contributed by atoms with Gasteiger partial charge in [-0.2, -0.15) is 0 Å². The van der Waals surface area contributed by atoms with Crippen molar-refractivity contribution >= 4 is 21.9 Å². The molecule has 5 atom stereocenters. The number of ether oxygens (including phenoxy) is 1. The second-order valence-corrected chi connectivity index (χ2v) is 7.05. The number of fused-ring (bicyclic) bond motifs is 2. The van der Waals surface area contributed by atoms with Gasteiger partial charge in [-0.15, -0.1) is 0 Å². The topological polar surface area (TPSA) is 201 Å².